The van der Waals surface area contributed by atoms with E-state index in [4.69, 9.17) is 9.84 Å². The lowest BCUT2D eigenvalue weighted by atomic mass is 10.2. The number of ether oxygens (including phenoxy) is 1. The summed E-state index contributed by atoms with van der Waals surface area (Å²) in [5.74, 6) is -0.254. The number of benzene rings is 1. The van der Waals surface area contributed by atoms with Gasteiger partial charge in [0.05, 0.1) is 4.47 Å². The Morgan fingerprint density at radius 3 is 2.81 bits per heavy atom. The van der Waals surface area contributed by atoms with Gasteiger partial charge in [-0.2, -0.15) is 0 Å². The maximum Gasteiger partial charge on any atom is 0.355 e. The van der Waals surface area contributed by atoms with Crippen LogP contribution in [-0.4, -0.2) is 48.2 Å². The van der Waals surface area contributed by atoms with Crippen molar-refractivity contribution in [1.29, 1.82) is 0 Å². The summed E-state index contributed by atoms with van der Waals surface area (Å²) < 4.78 is 6.51. The molecule has 1 heterocycles. The molecule has 0 spiro atoms. The summed E-state index contributed by atoms with van der Waals surface area (Å²) in [5, 5.41) is 11.1. The van der Waals surface area contributed by atoms with E-state index in [1.807, 2.05) is 37.2 Å². The number of hydrogen-bond donors (Lipinski definition) is 1. The van der Waals surface area contributed by atoms with Crippen LogP contribution in [0.5, 0.6) is 5.75 Å². The molecule has 2 rings (SSSR count). The first-order valence-electron chi connectivity index (χ1n) is 6.23. The number of aromatic nitrogens is 1. The fraction of sp³-hybridized carbons (Fsp3) is 0.286. The number of nitrogens with zero attached hydrogens (tertiary/aromatic N) is 2. The second-order valence-corrected chi connectivity index (χ2v) is 6.35. The number of likely N-dealkylation sites (N-methyl/N-ethyl adjacent to an activating group) is 1. The molecule has 5 nitrogen and oxygen atoms in total. The van der Waals surface area contributed by atoms with E-state index >= 15 is 0 Å². The minimum absolute atomic E-state index is 0.0671. The van der Waals surface area contributed by atoms with Crippen molar-refractivity contribution in [3.05, 3.63) is 33.7 Å². The van der Waals surface area contributed by atoms with E-state index < -0.39 is 5.97 Å². The highest BCUT2D eigenvalue weighted by Gasteiger charge is 2.11. The smallest absolute Gasteiger partial charge is 0.355 e. The molecular weight excluding hydrogens is 356 g/mol. The first-order chi connectivity index (χ1) is 9.97. The van der Waals surface area contributed by atoms with Crippen LogP contribution in [0.15, 0.2) is 28.1 Å². The molecule has 1 N–H and O–H groups in total. The normalized spacial score (nSPS) is 10.9. The summed E-state index contributed by atoms with van der Waals surface area (Å²) in [6, 6.07) is 5.62. The molecule has 112 valence electrons. The number of halogens is 1. The van der Waals surface area contributed by atoms with Crippen molar-refractivity contribution in [3.8, 4) is 16.3 Å². The Morgan fingerprint density at radius 1 is 1.48 bits per heavy atom. The van der Waals surface area contributed by atoms with Crippen LogP contribution in [0, 0.1) is 0 Å². The molecule has 0 amide bonds. The monoisotopic (exact) mass is 370 g/mol. The molecule has 0 fully saturated rings. The topological polar surface area (TPSA) is 62.7 Å². The molecule has 0 aliphatic carbocycles. The molecule has 0 saturated carbocycles. The van der Waals surface area contributed by atoms with Gasteiger partial charge in [0.15, 0.2) is 5.69 Å². The Hall–Kier alpha value is -1.44. The van der Waals surface area contributed by atoms with Crippen LogP contribution in [0.25, 0.3) is 10.6 Å². The molecule has 1 aromatic heterocycles. The maximum absolute atomic E-state index is 10.9. The quantitative estimate of drug-likeness (QED) is 0.845. The summed E-state index contributed by atoms with van der Waals surface area (Å²) in [6.07, 6.45) is 0. The molecule has 1 aromatic carbocycles. The second kappa shape index (κ2) is 7.02. The van der Waals surface area contributed by atoms with Crippen molar-refractivity contribution in [2.45, 2.75) is 0 Å². The van der Waals surface area contributed by atoms with Crippen molar-refractivity contribution in [1.82, 2.24) is 9.88 Å². The molecule has 0 radical (unpaired) electrons. The van der Waals surface area contributed by atoms with Crippen molar-refractivity contribution in [3.63, 3.8) is 0 Å². The summed E-state index contributed by atoms with van der Waals surface area (Å²) in [5.41, 5.74) is 0.928. The van der Waals surface area contributed by atoms with E-state index in [0.717, 1.165) is 22.3 Å². The van der Waals surface area contributed by atoms with E-state index in [2.05, 4.69) is 20.9 Å². The Kier molecular flexibility index (Phi) is 5.33. The lowest BCUT2D eigenvalue weighted by Crippen LogP contribution is -2.19. The van der Waals surface area contributed by atoms with Gasteiger partial charge in [-0.05, 0) is 48.2 Å². The van der Waals surface area contributed by atoms with Gasteiger partial charge in [-0.3, -0.25) is 0 Å². The summed E-state index contributed by atoms with van der Waals surface area (Å²) in [7, 11) is 3.98. The lowest BCUT2D eigenvalue weighted by Gasteiger charge is -2.12. The van der Waals surface area contributed by atoms with E-state index in [-0.39, 0.29) is 5.69 Å². The first-order valence-corrected chi connectivity index (χ1v) is 7.91. The van der Waals surface area contributed by atoms with Crippen LogP contribution >= 0.6 is 27.3 Å². The van der Waals surface area contributed by atoms with Crippen LogP contribution in [-0.2, 0) is 0 Å². The van der Waals surface area contributed by atoms with Crippen LogP contribution in [0.4, 0.5) is 0 Å². The fourth-order valence-corrected chi connectivity index (χ4v) is 2.88. The fourth-order valence-electron chi connectivity index (χ4n) is 1.59. The van der Waals surface area contributed by atoms with Gasteiger partial charge in [-0.1, -0.05) is 0 Å². The number of thiazole rings is 1. The Balaban J connectivity index is 2.12. The molecule has 0 aliphatic heterocycles. The number of carboxylic acid groups (broad SMARTS) is 1. The summed E-state index contributed by atoms with van der Waals surface area (Å²) >= 11 is 4.78. The van der Waals surface area contributed by atoms with Crippen molar-refractivity contribution in [2.75, 3.05) is 27.2 Å². The predicted molar refractivity (Wildman–Crippen MR) is 86.3 cm³/mol. The number of aromatic carboxylic acids is 1. The van der Waals surface area contributed by atoms with Crippen molar-refractivity contribution < 1.29 is 14.6 Å². The standard InChI is InChI=1S/C14H15BrN2O3S/c1-17(2)5-6-20-12-4-3-9(7-10(12)15)13-16-11(8-21-13)14(18)19/h3-4,7-8H,5-6H2,1-2H3,(H,18,19). The predicted octanol–water partition coefficient (Wildman–Crippen LogP) is 3.21. The van der Waals surface area contributed by atoms with Gasteiger partial charge in [0.1, 0.15) is 17.4 Å². The van der Waals surface area contributed by atoms with Gasteiger partial charge < -0.3 is 14.7 Å². The molecule has 0 saturated heterocycles. The summed E-state index contributed by atoms with van der Waals surface area (Å²) in [4.78, 5) is 17.0. The van der Waals surface area contributed by atoms with Gasteiger partial charge in [0.2, 0.25) is 0 Å². The lowest BCUT2D eigenvalue weighted by molar-refractivity contribution is 0.0691. The third kappa shape index (κ3) is 4.26. The average molecular weight is 371 g/mol. The average Bonchev–Trinajstić information content (AvgIpc) is 2.90. The van der Waals surface area contributed by atoms with E-state index in [1.54, 1.807) is 0 Å². The van der Waals surface area contributed by atoms with Crippen LogP contribution in [0.1, 0.15) is 10.5 Å². The molecule has 0 unspecified atom stereocenters. The molecule has 0 atom stereocenters. The number of carboxylic acids is 1. The van der Waals surface area contributed by atoms with Crippen molar-refractivity contribution in [2.24, 2.45) is 0 Å². The molecule has 0 aliphatic rings. The Morgan fingerprint density at radius 2 is 2.24 bits per heavy atom. The Bertz CT molecular complexity index is 643. The SMILES string of the molecule is CN(C)CCOc1ccc(-c2nc(C(=O)O)cs2)cc1Br. The second-order valence-electron chi connectivity index (χ2n) is 4.64. The van der Waals surface area contributed by atoms with Gasteiger partial charge in [0, 0.05) is 17.5 Å². The zero-order valence-corrected chi connectivity index (χ0v) is 14.1. The number of rotatable bonds is 6. The first kappa shape index (κ1) is 15.9. The highest BCUT2D eigenvalue weighted by atomic mass is 79.9. The highest BCUT2D eigenvalue weighted by molar-refractivity contribution is 9.10. The van der Waals surface area contributed by atoms with Gasteiger partial charge in [-0.25, -0.2) is 9.78 Å². The van der Waals surface area contributed by atoms with E-state index in [0.29, 0.717) is 11.6 Å². The number of carbonyl (C=O) groups is 1. The minimum atomic E-state index is -1.01. The van der Waals surface area contributed by atoms with Gasteiger partial charge in [-0.15, -0.1) is 11.3 Å². The van der Waals surface area contributed by atoms with Crippen LogP contribution in [0.2, 0.25) is 0 Å². The molecule has 0 bridgehead atoms. The summed E-state index contributed by atoms with van der Waals surface area (Å²) in [6.45, 7) is 1.44. The van der Waals surface area contributed by atoms with E-state index in [1.165, 1.54) is 16.7 Å². The largest absolute Gasteiger partial charge is 0.491 e. The third-order valence-electron chi connectivity index (χ3n) is 2.70. The van der Waals surface area contributed by atoms with E-state index in [9.17, 15) is 4.79 Å². The van der Waals surface area contributed by atoms with Gasteiger partial charge in [0.25, 0.3) is 0 Å². The highest BCUT2D eigenvalue weighted by Crippen LogP contribution is 2.32. The molecule has 2 aromatic rings. The number of hydrogen-bond acceptors (Lipinski definition) is 5. The molecule has 7 heteroatoms. The van der Waals surface area contributed by atoms with Crippen LogP contribution < -0.4 is 4.74 Å². The molecule has 21 heavy (non-hydrogen) atoms. The van der Waals surface area contributed by atoms with Crippen LogP contribution in [0.3, 0.4) is 0 Å². The zero-order valence-electron chi connectivity index (χ0n) is 11.7. The van der Waals surface area contributed by atoms with Gasteiger partial charge >= 0.3 is 5.97 Å². The molecular formula is C14H15BrN2O3S. The third-order valence-corrected chi connectivity index (χ3v) is 4.21. The minimum Gasteiger partial charge on any atom is -0.491 e. The van der Waals surface area contributed by atoms with Crippen molar-refractivity contribution >= 4 is 33.2 Å². The zero-order chi connectivity index (χ0) is 15.4. The maximum atomic E-state index is 10.9. The Labute approximate surface area is 135 Å².